The Morgan fingerprint density at radius 1 is 1.35 bits per heavy atom. The second-order valence-electron chi connectivity index (χ2n) is 5.76. The minimum Gasteiger partial charge on any atom is -0.326 e. The van der Waals surface area contributed by atoms with E-state index in [2.05, 4.69) is 5.32 Å². The van der Waals surface area contributed by atoms with Crippen molar-refractivity contribution in [1.29, 1.82) is 0 Å². The molecule has 0 unspecified atom stereocenters. The van der Waals surface area contributed by atoms with Crippen LogP contribution in [0, 0.1) is 5.92 Å². The van der Waals surface area contributed by atoms with Gasteiger partial charge in [-0.2, -0.15) is 0 Å². The van der Waals surface area contributed by atoms with Crippen molar-refractivity contribution < 1.29 is 9.59 Å². The highest BCUT2D eigenvalue weighted by Gasteiger charge is 2.20. The summed E-state index contributed by atoms with van der Waals surface area (Å²) in [5, 5.41) is 2.93. The highest BCUT2D eigenvalue weighted by atomic mass is 16.2. The fourth-order valence-electron chi connectivity index (χ4n) is 2.58. The first-order valence-corrected chi connectivity index (χ1v) is 7.18. The SMILES string of the molecule is CC(=O)N1CCCc2cc(NC(=O)CC(C)C)ccc21. The Morgan fingerprint density at radius 3 is 2.75 bits per heavy atom. The monoisotopic (exact) mass is 274 g/mol. The van der Waals surface area contributed by atoms with Gasteiger partial charge in [-0.15, -0.1) is 0 Å². The minimum absolute atomic E-state index is 0.0409. The summed E-state index contributed by atoms with van der Waals surface area (Å²) in [5.41, 5.74) is 2.93. The lowest BCUT2D eigenvalue weighted by molar-refractivity contribution is -0.117. The molecule has 1 heterocycles. The summed E-state index contributed by atoms with van der Waals surface area (Å²) >= 11 is 0. The Balaban J connectivity index is 2.15. The number of amides is 2. The molecule has 0 aliphatic carbocycles. The van der Waals surface area contributed by atoms with Crippen molar-refractivity contribution >= 4 is 23.2 Å². The standard InChI is InChI=1S/C16H22N2O2/c1-11(2)9-16(20)17-14-6-7-15-13(10-14)5-4-8-18(15)12(3)19/h6-7,10-11H,4-5,8-9H2,1-3H3,(H,17,20). The maximum absolute atomic E-state index is 11.8. The van der Waals surface area contributed by atoms with Gasteiger partial charge in [0.25, 0.3) is 0 Å². The number of nitrogens with one attached hydrogen (secondary N) is 1. The van der Waals surface area contributed by atoms with Crippen LogP contribution in [0.3, 0.4) is 0 Å². The summed E-state index contributed by atoms with van der Waals surface area (Å²) in [5.74, 6) is 0.461. The summed E-state index contributed by atoms with van der Waals surface area (Å²) in [6.07, 6.45) is 2.44. The second kappa shape index (κ2) is 6.07. The topological polar surface area (TPSA) is 49.4 Å². The van der Waals surface area contributed by atoms with Crippen molar-refractivity contribution in [3.63, 3.8) is 0 Å². The molecule has 1 aliphatic rings. The number of nitrogens with zero attached hydrogens (tertiary/aromatic N) is 1. The maximum Gasteiger partial charge on any atom is 0.224 e. The van der Waals surface area contributed by atoms with Gasteiger partial charge in [0.1, 0.15) is 0 Å². The van der Waals surface area contributed by atoms with Crippen LogP contribution in [-0.2, 0) is 16.0 Å². The first-order valence-electron chi connectivity index (χ1n) is 7.18. The summed E-state index contributed by atoms with van der Waals surface area (Å²) in [4.78, 5) is 25.2. The molecular formula is C16H22N2O2. The van der Waals surface area contributed by atoms with Gasteiger partial charge in [-0.25, -0.2) is 0 Å². The van der Waals surface area contributed by atoms with E-state index in [-0.39, 0.29) is 11.8 Å². The zero-order valence-corrected chi connectivity index (χ0v) is 12.4. The number of carbonyl (C=O) groups is 2. The Bertz CT molecular complexity index is 523. The largest absolute Gasteiger partial charge is 0.326 e. The number of rotatable bonds is 3. The van der Waals surface area contributed by atoms with Gasteiger partial charge in [0.2, 0.25) is 11.8 Å². The highest BCUT2D eigenvalue weighted by Crippen LogP contribution is 2.29. The van der Waals surface area contributed by atoms with Crippen LogP contribution in [0.15, 0.2) is 18.2 Å². The fraction of sp³-hybridized carbons (Fsp3) is 0.500. The van der Waals surface area contributed by atoms with Crippen LogP contribution >= 0.6 is 0 Å². The van der Waals surface area contributed by atoms with E-state index in [1.165, 1.54) is 0 Å². The lowest BCUT2D eigenvalue weighted by atomic mass is 10.0. The Labute approximate surface area is 120 Å². The van der Waals surface area contributed by atoms with Crippen molar-refractivity contribution in [1.82, 2.24) is 0 Å². The van der Waals surface area contributed by atoms with Gasteiger partial charge in [-0.1, -0.05) is 13.8 Å². The Morgan fingerprint density at radius 2 is 2.10 bits per heavy atom. The van der Waals surface area contributed by atoms with Gasteiger partial charge in [0.15, 0.2) is 0 Å². The Hall–Kier alpha value is -1.84. The highest BCUT2D eigenvalue weighted by molar-refractivity contribution is 5.94. The van der Waals surface area contributed by atoms with E-state index in [4.69, 9.17) is 0 Å². The predicted octanol–water partition coefficient (Wildman–Crippen LogP) is 2.97. The van der Waals surface area contributed by atoms with Crippen molar-refractivity contribution in [2.45, 2.75) is 40.0 Å². The van der Waals surface area contributed by atoms with Crippen LogP contribution < -0.4 is 10.2 Å². The van der Waals surface area contributed by atoms with E-state index in [1.807, 2.05) is 32.0 Å². The molecule has 2 rings (SSSR count). The molecule has 0 bridgehead atoms. The molecular weight excluding hydrogens is 252 g/mol. The van der Waals surface area contributed by atoms with Gasteiger partial charge >= 0.3 is 0 Å². The molecule has 4 heteroatoms. The van der Waals surface area contributed by atoms with Crippen molar-refractivity contribution in [2.75, 3.05) is 16.8 Å². The lowest BCUT2D eigenvalue weighted by Crippen LogP contribution is -2.33. The molecule has 108 valence electrons. The fourth-order valence-corrected chi connectivity index (χ4v) is 2.58. The van der Waals surface area contributed by atoms with Crippen LogP contribution in [0.2, 0.25) is 0 Å². The molecule has 2 amide bonds. The first-order chi connectivity index (χ1) is 9.47. The van der Waals surface area contributed by atoms with Gasteiger partial charge in [-0.05, 0) is 42.5 Å². The summed E-state index contributed by atoms with van der Waals surface area (Å²) in [7, 11) is 0. The van der Waals surface area contributed by atoms with Crippen LogP contribution in [0.1, 0.15) is 39.2 Å². The van der Waals surface area contributed by atoms with Crippen molar-refractivity contribution in [2.24, 2.45) is 5.92 Å². The number of aryl methyl sites for hydroxylation is 1. The summed E-state index contributed by atoms with van der Waals surface area (Å²) in [6, 6.07) is 5.79. The van der Waals surface area contributed by atoms with Gasteiger partial charge in [0, 0.05) is 31.3 Å². The maximum atomic E-state index is 11.8. The van der Waals surface area contributed by atoms with E-state index in [1.54, 1.807) is 11.8 Å². The second-order valence-corrected chi connectivity index (χ2v) is 5.76. The molecule has 0 saturated carbocycles. The van der Waals surface area contributed by atoms with E-state index in [0.717, 1.165) is 36.3 Å². The predicted molar refractivity (Wildman–Crippen MR) is 80.9 cm³/mol. The van der Waals surface area contributed by atoms with E-state index in [9.17, 15) is 9.59 Å². The number of hydrogen-bond acceptors (Lipinski definition) is 2. The average Bonchev–Trinajstić information content (AvgIpc) is 2.36. The number of carbonyl (C=O) groups excluding carboxylic acids is 2. The normalized spacial score (nSPS) is 14.1. The van der Waals surface area contributed by atoms with Gasteiger partial charge in [-0.3, -0.25) is 9.59 Å². The zero-order chi connectivity index (χ0) is 14.7. The van der Waals surface area contributed by atoms with Crippen LogP contribution in [0.4, 0.5) is 11.4 Å². The number of fused-ring (bicyclic) bond motifs is 1. The quantitative estimate of drug-likeness (QED) is 0.921. The van der Waals surface area contributed by atoms with Crippen LogP contribution in [-0.4, -0.2) is 18.4 Å². The molecule has 20 heavy (non-hydrogen) atoms. The average molecular weight is 274 g/mol. The summed E-state index contributed by atoms with van der Waals surface area (Å²) < 4.78 is 0. The van der Waals surface area contributed by atoms with E-state index < -0.39 is 0 Å². The van der Waals surface area contributed by atoms with Gasteiger partial charge < -0.3 is 10.2 Å². The number of hydrogen-bond donors (Lipinski definition) is 1. The lowest BCUT2D eigenvalue weighted by Gasteiger charge is -2.29. The molecule has 1 aliphatic heterocycles. The van der Waals surface area contributed by atoms with E-state index >= 15 is 0 Å². The third-order valence-corrected chi connectivity index (χ3v) is 3.46. The number of anilines is 2. The Kier molecular flexibility index (Phi) is 4.42. The third kappa shape index (κ3) is 3.38. The van der Waals surface area contributed by atoms with Crippen LogP contribution in [0.25, 0.3) is 0 Å². The smallest absolute Gasteiger partial charge is 0.224 e. The van der Waals surface area contributed by atoms with Gasteiger partial charge in [0.05, 0.1) is 0 Å². The molecule has 0 atom stereocenters. The molecule has 0 radical (unpaired) electrons. The third-order valence-electron chi connectivity index (χ3n) is 3.46. The molecule has 1 aromatic rings. The van der Waals surface area contributed by atoms with E-state index in [0.29, 0.717) is 12.3 Å². The molecule has 0 aromatic heterocycles. The molecule has 0 spiro atoms. The first kappa shape index (κ1) is 14.6. The number of benzene rings is 1. The molecule has 0 saturated heterocycles. The summed E-state index contributed by atoms with van der Waals surface area (Å²) in [6.45, 7) is 6.42. The van der Waals surface area contributed by atoms with Crippen molar-refractivity contribution in [3.8, 4) is 0 Å². The molecule has 1 N–H and O–H groups in total. The molecule has 1 aromatic carbocycles. The van der Waals surface area contributed by atoms with Crippen LogP contribution in [0.5, 0.6) is 0 Å². The van der Waals surface area contributed by atoms with Crippen molar-refractivity contribution in [3.05, 3.63) is 23.8 Å². The zero-order valence-electron chi connectivity index (χ0n) is 12.4. The molecule has 4 nitrogen and oxygen atoms in total. The minimum atomic E-state index is 0.0409. The molecule has 0 fully saturated rings.